The molecule has 0 bridgehead atoms. The van der Waals surface area contributed by atoms with Crippen LogP contribution in [0.3, 0.4) is 0 Å². The number of thiazole rings is 1. The van der Waals surface area contributed by atoms with Crippen molar-refractivity contribution < 1.29 is 23.7 Å². The molecule has 1 unspecified atom stereocenters. The van der Waals surface area contributed by atoms with Crippen molar-refractivity contribution >= 4 is 40.0 Å². The molecule has 43 heavy (non-hydrogen) atoms. The minimum absolute atomic E-state index is 0.236. The summed E-state index contributed by atoms with van der Waals surface area (Å²) in [4.78, 5) is 40.4. The van der Waals surface area contributed by atoms with Crippen LogP contribution in [0.2, 0.25) is 0 Å². The fourth-order valence-electron chi connectivity index (χ4n) is 4.98. The summed E-state index contributed by atoms with van der Waals surface area (Å²) in [6, 6.07) is 21.4. The summed E-state index contributed by atoms with van der Waals surface area (Å²) in [7, 11) is 0. The van der Waals surface area contributed by atoms with Crippen LogP contribution >= 0.6 is 11.3 Å². The molecule has 1 heterocycles. The van der Waals surface area contributed by atoms with Gasteiger partial charge in [-0.15, -0.1) is 0 Å². The SMILES string of the molecule is CC[n+]1cscc1C[C@H](NC(=O)[C@H](Cc1ccccc1)NC(=O)OC(C)(C)C)C(=O)NC(C)c1cccc2ccccc12. The Balaban J connectivity index is 1.58. The van der Waals surface area contributed by atoms with Crippen LogP contribution in [0.4, 0.5) is 4.79 Å². The number of aromatic nitrogens is 1. The smallest absolute Gasteiger partial charge is 0.408 e. The summed E-state index contributed by atoms with van der Waals surface area (Å²) < 4.78 is 7.51. The lowest BCUT2D eigenvalue weighted by Crippen LogP contribution is -2.56. The van der Waals surface area contributed by atoms with Crippen LogP contribution < -0.4 is 20.5 Å². The zero-order chi connectivity index (χ0) is 31.0. The summed E-state index contributed by atoms with van der Waals surface area (Å²) >= 11 is 1.54. The minimum atomic E-state index is -0.955. The Morgan fingerprint density at radius 2 is 1.49 bits per heavy atom. The van der Waals surface area contributed by atoms with Crippen LogP contribution in [0.15, 0.2) is 83.7 Å². The monoisotopic (exact) mass is 601 g/mol. The first-order valence-corrected chi connectivity index (χ1v) is 15.5. The molecule has 4 aromatic rings. The molecule has 0 saturated heterocycles. The van der Waals surface area contributed by atoms with Gasteiger partial charge in [0.15, 0.2) is 5.69 Å². The molecule has 4 rings (SSSR count). The van der Waals surface area contributed by atoms with Crippen LogP contribution in [0.1, 0.15) is 57.5 Å². The van der Waals surface area contributed by atoms with E-state index in [0.29, 0.717) is 6.42 Å². The number of benzene rings is 3. The number of amides is 3. The molecule has 0 fully saturated rings. The van der Waals surface area contributed by atoms with Gasteiger partial charge >= 0.3 is 6.09 Å². The van der Waals surface area contributed by atoms with Gasteiger partial charge in [0.1, 0.15) is 24.2 Å². The molecular formula is C34H41N4O4S+. The van der Waals surface area contributed by atoms with Gasteiger partial charge in [-0.25, -0.2) is 4.79 Å². The van der Waals surface area contributed by atoms with Gasteiger partial charge in [0.2, 0.25) is 17.3 Å². The zero-order valence-corrected chi connectivity index (χ0v) is 26.2. The predicted molar refractivity (Wildman–Crippen MR) is 170 cm³/mol. The average Bonchev–Trinajstić information content (AvgIpc) is 3.42. The Kier molecular flexibility index (Phi) is 10.5. The van der Waals surface area contributed by atoms with Gasteiger partial charge in [-0.05, 0) is 56.5 Å². The van der Waals surface area contributed by atoms with Gasteiger partial charge in [-0.2, -0.15) is 4.57 Å². The topological polar surface area (TPSA) is 100 Å². The highest BCUT2D eigenvalue weighted by Crippen LogP contribution is 2.24. The van der Waals surface area contributed by atoms with Crippen LogP contribution in [-0.2, 0) is 33.7 Å². The number of alkyl carbamates (subject to hydrolysis) is 1. The maximum atomic E-state index is 13.9. The number of rotatable bonds is 11. The van der Waals surface area contributed by atoms with Crippen molar-refractivity contribution in [1.29, 1.82) is 0 Å². The number of nitrogens with one attached hydrogen (secondary N) is 3. The molecule has 0 aliphatic carbocycles. The summed E-state index contributed by atoms with van der Waals surface area (Å²) in [5.41, 5.74) is 4.05. The second kappa shape index (κ2) is 14.3. The third kappa shape index (κ3) is 8.88. The highest BCUT2D eigenvalue weighted by Gasteiger charge is 2.31. The number of hydrogen-bond donors (Lipinski definition) is 3. The maximum absolute atomic E-state index is 13.9. The van der Waals surface area contributed by atoms with Gasteiger partial charge in [-0.3, -0.25) is 9.59 Å². The summed E-state index contributed by atoms with van der Waals surface area (Å²) in [6.07, 6.45) is -0.169. The van der Waals surface area contributed by atoms with E-state index >= 15 is 0 Å². The minimum Gasteiger partial charge on any atom is -0.444 e. The molecule has 8 nitrogen and oxygen atoms in total. The van der Waals surface area contributed by atoms with E-state index in [0.717, 1.165) is 34.1 Å². The number of fused-ring (bicyclic) bond motifs is 1. The number of nitrogens with zero attached hydrogens (tertiary/aromatic N) is 1. The Hall–Kier alpha value is -4.24. The van der Waals surface area contributed by atoms with E-state index in [2.05, 4.69) is 20.5 Å². The first-order valence-electron chi connectivity index (χ1n) is 14.6. The number of aryl methyl sites for hydroxylation is 1. The molecule has 3 atom stereocenters. The molecule has 0 aliphatic rings. The lowest BCUT2D eigenvalue weighted by atomic mass is 9.99. The van der Waals surface area contributed by atoms with Crippen LogP contribution in [0, 0.1) is 0 Å². The third-order valence-electron chi connectivity index (χ3n) is 7.09. The highest BCUT2D eigenvalue weighted by atomic mass is 32.1. The largest absolute Gasteiger partial charge is 0.444 e. The molecule has 3 N–H and O–H groups in total. The standard InChI is InChI=1S/C34H40N4O4S/c1-6-38-22-43-21-26(38)20-30(31(39)35-23(2)27-18-12-16-25-15-10-11-17-28(25)27)36-32(40)29(19-24-13-8-7-9-14-24)37-33(41)42-34(3,4)5/h7-18,21-23,29-30H,6,19-20H2,1-5H3,(H2-,35,36,37,39,40,41)/p+1/t23?,29-,30-/m0/s1. The lowest BCUT2D eigenvalue weighted by molar-refractivity contribution is -0.696. The van der Waals surface area contributed by atoms with Crippen LogP contribution in [0.25, 0.3) is 10.8 Å². The summed E-state index contributed by atoms with van der Waals surface area (Å²) in [6.45, 7) is 10.0. The van der Waals surface area contributed by atoms with Gasteiger partial charge in [0, 0.05) is 6.42 Å². The normalized spacial score (nSPS) is 13.5. The first-order chi connectivity index (χ1) is 20.5. The van der Waals surface area contributed by atoms with Crippen molar-refractivity contribution in [3.8, 4) is 0 Å². The van der Waals surface area contributed by atoms with E-state index in [1.54, 1.807) is 32.1 Å². The van der Waals surface area contributed by atoms with Gasteiger partial charge < -0.3 is 20.7 Å². The predicted octanol–water partition coefficient (Wildman–Crippen LogP) is 5.25. The van der Waals surface area contributed by atoms with E-state index < -0.39 is 29.7 Å². The number of carbonyl (C=O) groups is 3. The summed E-state index contributed by atoms with van der Waals surface area (Å²) in [5, 5.41) is 13.0. The van der Waals surface area contributed by atoms with Crippen molar-refractivity contribution in [1.82, 2.24) is 16.0 Å². The zero-order valence-electron chi connectivity index (χ0n) is 25.4. The average molecular weight is 602 g/mol. The Morgan fingerprint density at radius 1 is 0.837 bits per heavy atom. The van der Waals surface area contributed by atoms with Gasteiger partial charge in [0.25, 0.3) is 0 Å². The van der Waals surface area contributed by atoms with Crippen molar-refractivity contribution in [3.63, 3.8) is 0 Å². The lowest BCUT2D eigenvalue weighted by Gasteiger charge is -2.26. The van der Waals surface area contributed by atoms with E-state index in [1.807, 2.05) is 97.5 Å². The van der Waals surface area contributed by atoms with Crippen molar-refractivity contribution in [2.75, 3.05) is 0 Å². The third-order valence-corrected chi connectivity index (χ3v) is 7.87. The Labute approximate surface area is 257 Å². The second-order valence-electron chi connectivity index (χ2n) is 11.6. The second-order valence-corrected chi connectivity index (χ2v) is 12.3. The fourth-order valence-corrected chi connectivity index (χ4v) is 5.86. The Morgan fingerprint density at radius 3 is 2.21 bits per heavy atom. The molecular weight excluding hydrogens is 560 g/mol. The molecule has 0 aliphatic heterocycles. The molecule has 3 amide bonds. The van der Waals surface area contributed by atoms with E-state index in [-0.39, 0.29) is 18.4 Å². The molecule has 0 radical (unpaired) electrons. The Bertz CT molecular complexity index is 1540. The van der Waals surface area contributed by atoms with Gasteiger partial charge in [-0.1, -0.05) is 84.1 Å². The van der Waals surface area contributed by atoms with E-state index in [1.165, 1.54) is 0 Å². The van der Waals surface area contributed by atoms with Crippen LogP contribution in [-0.4, -0.2) is 35.6 Å². The van der Waals surface area contributed by atoms with Crippen molar-refractivity contribution in [2.24, 2.45) is 0 Å². The molecule has 226 valence electrons. The van der Waals surface area contributed by atoms with Crippen molar-refractivity contribution in [2.45, 2.75) is 77.7 Å². The fraction of sp³-hybridized carbons (Fsp3) is 0.353. The molecule has 3 aromatic carbocycles. The van der Waals surface area contributed by atoms with Gasteiger partial charge in [0.05, 0.1) is 17.8 Å². The number of hydrogen-bond acceptors (Lipinski definition) is 5. The quantitative estimate of drug-likeness (QED) is 0.205. The molecule has 9 heteroatoms. The number of carbonyl (C=O) groups excluding carboxylic acids is 3. The van der Waals surface area contributed by atoms with E-state index in [9.17, 15) is 14.4 Å². The molecule has 1 aromatic heterocycles. The highest BCUT2D eigenvalue weighted by molar-refractivity contribution is 7.07. The summed E-state index contributed by atoms with van der Waals surface area (Å²) in [5.74, 6) is -0.774. The molecule has 0 saturated carbocycles. The first kappa shape index (κ1) is 31.7. The maximum Gasteiger partial charge on any atom is 0.408 e. The number of ether oxygens (including phenoxy) is 1. The van der Waals surface area contributed by atoms with Crippen molar-refractivity contribution in [3.05, 3.63) is 101 Å². The molecule has 0 spiro atoms. The van der Waals surface area contributed by atoms with Crippen LogP contribution in [0.5, 0.6) is 0 Å². The van der Waals surface area contributed by atoms with E-state index in [4.69, 9.17) is 4.74 Å².